The van der Waals surface area contributed by atoms with Gasteiger partial charge in [-0.1, -0.05) is 0 Å². The zero-order valence-corrected chi connectivity index (χ0v) is 11.4. The summed E-state index contributed by atoms with van der Waals surface area (Å²) >= 11 is 0. The predicted octanol–water partition coefficient (Wildman–Crippen LogP) is 0.833. The Morgan fingerprint density at radius 3 is 3.00 bits per heavy atom. The standard InChI is InChI=1S/C12H15N5O3/c1-4-20-11(19)8-5-9-10(18)14-12(13-7-16(2)3)15-17(9)6-8/h5-7H,4H2,1-3H3,(H,14,15,18)/b13-7+. The highest BCUT2D eigenvalue weighted by molar-refractivity contribution is 5.91. The summed E-state index contributed by atoms with van der Waals surface area (Å²) in [6.45, 7) is 2.00. The van der Waals surface area contributed by atoms with Gasteiger partial charge in [-0.05, 0) is 13.0 Å². The Labute approximate surface area is 115 Å². The molecule has 8 nitrogen and oxygen atoms in total. The topological polar surface area (TPSA) is 92.3 Å². The van der Waals surface area contributed by atoms with Crippen molar-refractivity contribution in [2.75, 3.05) is 20.7 Å². The van der Waals surface area contributed by atoms with E-state index in [-0.39, 0.29) is 18.4 Å². The fraction of sp³-hybridized carbons (Fsp3) is 0.333. The number of hydrogen-bond donors (Lipinski definition) is 1. The van der Waals surface area contributed by atoms with Crippen LogP contribution < -0.4 is 0 Å². The van der Waals surface area contributed by atoms with Crippen LogP contribution in [0.15, 0.2) is 17.3 Å². The van der Waals surface area contributed by atoms with E-state index in [9.17, 15) is 9.90 Å². The van der Waals surface area contributed by atoms with E-state index in [2.05, 4.69) is 15.1 Å². The first-order valence-electron chi connectivity index (χ1n) is 5.98. The van der Waals surface area contributed by atoms with Crippen LogP contribution >= 0.6 is 0 Å². The Kier molecular flexibility index (Phi) is 3.83. The molecule has 0 bridgehead atoms. The molecule has 0 unspecified atom stereocenters. The highest BCUT2D eigenvalue weighted by Crippen LogP contribution is 2.20. The maximum Gasteiger partial charge on any atom is 0.339 e. The third-order valence-electron chi connectivity index (χ3n) is 2.35. The number of aromatic nitrogens is 3. The van der Waals surface area contributed by atoms with Crippen LogP contribution in [0.25, 0.3) is 5.52 Å². The summed E-state index contributed by atoms with van der Waals surface area (Å²) in [5.41, 5.74) is 0.613. The van der Waals surface area contributed by atoms with Gasteiger partial charge in [-0.3, -0.25) is 0 Å². The van der Waals surface area contributed by atoms with Crippen molar-refractivity contribution in [2.45, 2.75) is 6.92 Å². The lowest BCUT2D eigenvalue weighted by atomic mass is 10.3. The molecule has 2 aromatic rings. The largest absolute Gasteiger partial charge is 0.492 e. The number of hydrogen-bond acceptors (Lipinski definition) is 6. The number of aromatic hydroxyl groups is 1. The molecule has 2 rings (SSSR count). The number of esters is 1. The first kappa shape index (κ1) is 13.8. The molecule has 0 fully saturated rings. The number of carbonyl (C=O) groups excluding carboxylic acids is 1. The maximum atomic E-state index is 11.6. The van der Waals surface area contributed by atoms with E-state index in [0.717, 1.165) is 0 Å². The van der Waals surface area contributed by atoms with Crippen LogP contribution in [0.4, 0.5) is 5.95 Å². The molecule has 0 aromatic carbocycles. The SMILES string of the molecule is CCOC(=O)c1cc2c(O)nc(/N=C/N(C)C)nn2c1. The van der Waals surface area contributed by atoms with Gasteiger partial charge in [0.1, 0.15) is 5.52 Å². The lowest BCUT2D eigenvalue weighted by Crippen LogP contribution is -2.07. The highest BCUT2D eigenvalue weighted by atomic mass is 16.5. The molecule has 20 heavy (non-hydrogen) atoms. The summed E-state index contributed by atoms with van der Waals surface area (Å²) in [6, 6.07) is 1.47. The zero-order valence-electron chi connectivity index (χ0n) is 11.4. The molecule has 0 aliphatic heterocycles. The molecule has 1 N–H and O–H groups in total. The summed E-state index contributed by atoms with van der Waals surface area (Å²) in [5, 5.41) is 13.9. The molecule has 0 aliphatic carbocycles. The molecule has 0 saturated carbocycles. The monoisotopic (exact) mass is 277 g/mol. The molecule has 8 heteroatoms. The zero-order chi connectivity index (χ0) is 14.7. The van der Waals surface area contributed by atoms with E-state index in [1.54, 1.807) is 25.9 Å². The predicted molar refractivity (Wildman–Crippen MR) is 72.4 cm³/mol. The van der Waals surface area contributed by atoms with Crippen molar-refractivity contribution in [3.8, 4) is 5.88 Å². The van der Waals surface area contributed by atoms with Gasteiger partial charge >= 0.3 is 5.97 Å². The Morgan fingerprint density at radius 1 is 1.60 bits per heavy atom. The van der Waals surface area contributed by atoms with Crippen molar-refractivity contribution in [3.63, 3.8) is 0 Å². The Morgan fingerprint density at radius 2 is 2.35 bits per heavy atom. The maximum absolute atomic E-state index is 11.6. The first-order valence-corrected chi connectivity index (χ1v) is 5.98. The number of carbonyl (C=O) groups is 1. The first-order chi connectivity index (χ1) is 9.51. The molecule has 2 aromatic heterocycles. The summed E-state index contributed by atoms with van der Waals surface area (Å²) in [5.74, 6) is -0.632. The van der Waals surface area contributed by atoms with E-state index in [0.29, 0.717) is 11.1 Å². The van der Waals surface area contributed by atoms with Gasteiger partial charge in [-0.2, -0.15) is 4.98 Å². The van der Waals surface area contributed by atoms with Crippen molar-refractivity contribution in [3.05, 3.63) is 17.8 Å². The summed E-state index contributed by atoms with van der Waals surface area (Å²) in [7, 11) is 3.60. The van der Waals surface area contributed by atoms with Gasteiger partial charge in [0.2, 0.25) is 5.88 Å². The lowest BCUT2D eigenvalue weighted by molar-refractivity contribution is 0.0526. The van der Waals surface area contributed by atoms with Gasteiger partial charge in [0.05, 0.1) is 18.5 Å². The van der Waals surface area contributed by atoms with Crippen LogP contribution in [0.3, 0.4) is 0 Å². The molecular formula is C12H15N5O3. The summed E-state index contributed by atoms with van der Waals surface area (Å²) in [6.07, 6.45) is 2.97. The summed E-state index contributed by atoms with van der Waals surface area (Å²) < 4.78 is 6.23. The van der Waals surface area contributed by atoms with Gasteiger partial charge in [0, 0.05) is 20.3 Å². The smallest absolute Gasteiger partial charge is 0.339 e. The molecule has 0 saturated heterocycles. The molecule has 0 radical (unpaired) electrons. The van der Waals surface area contributed by atoms with Crippen molar-refractivity contribution in [2.24, 2.45) is 4.99 Å². The van der Waals surface area contributed by atoms with Crippen LogP contribution in [0, 0.1) is 0 Å². The van der Waals surface area contributed by atoms with Crippen molar-refractivity contribution < 1.29 is 14.6 Å². The molecule has 2 heterocycles. The van der Waals surface area contributed by atoms with E-state index < -0.39 is 5.97 Å². The molecule has 0 amide bonds. The average molecular weight is 277 g/mol. The number of rotatable bonds is 4. The minimum absolute atomic E-state index is 0.0923. The van der Waals surface area contributed by atoms with Gasteiger partial charge in [0.15, 0.2) is 0 Å². The van der Waals surface area contributed by atoms with Crippen LogP contribution in [0.5, 0.6) is 5.88 Å². The van der Waals surface area contributed by atoms with Crippen LogP contribution in [0.1, 0.15) is 17.3 Å². The number of ether oxygens (including phenoxy) is 1. The fourth-order valence-corrected chi connectivity index (χ4v) is 1.52. The van der Waals surface area contributed by atoms with E-state index in [1.165, 1.54) is 23.1 Å². The Bertz CT molecular complexity index is 662. The van der Waals surface area contributed by atoms with Crippen LogP contribution in [-0.2, 0) is 4.74 Å². The number of fused-ring (bicyclic) bond motifs is 1. The van der Waals surface area contributed by atoms with Gasteiger partial charge in [-0.25, -0.2) is 14.3 Å². The minimum Gasteiger partial charge on any atom is -0.492 e. The molecule has 0 atom stereocenters. The lowest BCUT2D eigenvalue weighted by Gasteiger charge is -2.02. The Hall–Kier alpha value is -2.64. The molecular weight excluding hydrogens is 262 g/mol. The van der Waals surface area contributed by atoms with Gasteiger partial charge in [0.25, 0.3) is 5.95 Å². The minimum atomic E-state index is -0.476. The average Bonchev–Trinajstić information content (AvgIpc) is 2.81. The van der Waals surface area contributed by atoms with Crippen molar-refractivity contribution in [1.29, 1.82) is 0 Å². The third kappa shape index (κ3) is 2.85. The number of nitrogens with zero attached hydrogens (tertiary/aromatic N) is 5. The second-order valence-electron chi connectivity index (χ2n) is 4.22. The van der Waals surface area contributed by atoms with Crippen molar-refractivity contribution >= 4 is 23.8 Å². The quantitative estimate of drug-likeness (QED) is 0.505. The highest BCUT2D eigenvalue weighted by Gasteiger charge is 2.14. The van der Waals surface area contributed by atoms with E-state index in [4.69, 9.17) is 4.74 Å². The van der Waals surface area contributed by atoms with Crippen LogP contribution in [-0.4, -0.2) is 57.6 Å². The normalized spacial score (nSPS) is 11.2. The van der Waals surface area contributed by atoms with Crippen LogP contribution in [0.2, 0.25) is 0 Å². The second kappa shape index (κ2) is 5.55. The molecule has 0 aliphatic rings. The number of aliphatic imine (C=N–C) groups is 1. The molecule has 0 spiro atoms. The van der Waals surface area contributed by atoms with E-state index in [1.807, 2.05) is 0 Å². The second-order valence-corrected chi connectivity index (χ2v) is 4.22. The molecule has 106 valence electrons. The fourth-order valence-electron chi connectivity index (χ4n) is 1.52. The van der Waals surface area contributed by atoms with Gasteiger partial charge < -0.3 is 14.7 Å². The van der Waals surface area contributed by atoms with Crippen molar-refractivity contribution in [1.82, 2.24) is 19.5 Å². The summed E-state index contributed by atoms with van der Waals surface area (Å²) in [4.78, 5) is 21.2. The van der Waals surface area contributed by atoms with E-state index >= 15 is 0 Å². The third-order valence-corrected chi connectivity index (χ3v) is 2.35. The Balaban J connectivity index is 2.41. The van der Waals surface area contributed by atoms with Gasteiger partial charge in [-0.15, -0.1) is 5.10 Å².